The van der Waals surface area contributed by atoms with Crippen molar-refractivity contribution < 1.29 is 14.7 Å². The van der Waals surface area contributed by atoms with E-state index in [9.17, 15) is 9.59 Å². The molecule has 0 unspecified atom stereocenters. The smallest absolute Gasteiger partial charge is 0.345 e. The predicted molar refractivity (Wildman–Crippen MR) is 101 cm³/mol. The van der Waals surface area contributed by atoms with Crippen molar-refractivity contribution in [1.82, 2.24) is 10.3 Å². The summed E-state index contributed by atoms with van der Waals surface area (Å²) in [6, 6.07) is 3.67. The highest BCUT2D eigenvalue weighted by molar-refractivity contribution is 7.15. The van der Waals surface area contributed by atoms with E-state index in [2.05, 4.69) is 10.3 Å². The molecule has 2 aromatic heterocycles. The molecule has 5 nitrogen and oxygen atoms in total. The van der Waals surface area contributed by atoms with Gasteiger partial charge in [0.2, 0.25) is 0 Å². The van der Waals surface area contributed by atoms with Crippen LogP contribution in [0.3, 0.4) is 0 Å². The second-order valence-electron chi connectivity index (χ2n) is 6.18. The molecule has 0 atom stereocenters. The van der Waals surface area contributed by atoms with Gasteiger partial charge in [0.1, 0.15) is 15.6 Å². The van der Waals surface area contributed by atoms with Crippen LogP contribution in [0.25, 0.3) is 11.6 Å². The van der Waals surface area contributed by atoms with Crippen molar-refractivity contribution >= 4 is 46.2 Å². The van der Waals surface area contributed by atoms with E-state index in [0.717, 1.165) is 28.3 Å². The Bertz CT molecular complexity index is 801. The van der Waals surface area contributed by atoms with Gasteiger partial charge in [0, 0.05) is 16.3 Å². The summed E-state index contributed by atoms with van der Waals surface area (Å²) in [5.74, 6) is -1.02. The van der Waals surface area contributed by atoms with Crippen LogP contribution in [0.2, 0.25) is 0 Å². The van der Waals surface area contributed by atoms with Crippen LogP contribution < -0.4 is 5.32 Å². The van der Waals surface area contributed by atoms with Gasteiger partial charge in [-0.1, -0.05) is 19.3 Å². The number of carboxylic acids is 1. The zero-order valence-electron chi connectivity index (χ0n) is 13.9. The van der Waals surface area contributed by atoms with Crippen molar-refractivity contribution in [3.63, 3.8) is 0 Å². The lowest BCUT2D eigenvalue weighted by atomic mass is 9.95. The van der Waals surface area contributed by atoms with Gasteiger partial charge in [-0.05, 0) is 43.5 Å². The van der Waals surface area contributed by atoms with Crippen LogP contribution >= 0.6 is 22.7 Å². The minimum absolute atomic E-state index is 0.107. The summed E-state index contributed by atoms with van der Waals surface area (Å²) >= 11 is 2.65. The molecule has 7 heteroatoms. The summed E-state index contributed by atoms with van der Waals surface area (Å²) in [6.07, 6.45) is 7.59. The summed E-state index contributed by atoms with van der Waals surface area (Å²) in [5, 5.41) is 14.6. The lowest BCUT2D eigenvalue weighted by Gasteiger charge is -2.22. The van der Waals surface area contributed by atoms with Crippen LogP contribution in [0, 0.1) is 0 Å². The molecule has 2 N–H and O–H groups in total. The lowest BCUT2D eigenvalue weighted by Crippen LogP contribution is -2.36. The SMILES string of the molecule is C/C(=C/c1nc(C(=O)NC2CCCCC2)cs1)c1ccc(C(=O)O)s1. The molecule has 0 spiro atoms. The summed E-state index contributed by atoms with van der Waals surface area (Å²) in [4.78, 5) is 28.9. The second kappa shape index (κ2) is 7.93. The Hall–Kier alpha value is -1.99. The number of hydrogen-bond donors (Lipinski definition) is 2. The maximum absolute atomic E-state index is 12.3. The van der Waals surface area contributed by atoms with Gasteiger partial charge in [0.25, 0.3) is 5.91 Å². The molecular formula is C18H20N2O3S2. The number of rotatable bonds is 5. The molecule has 0 aliphatic heterocycles. The molecule has 2 heterocycles. The van der Waals surface area contributed by atoms with E-state index in [1.807, 2.05) is 13.0 Å². The van der Waals surface area contributed by atoms with Crippen molar-refractivity contribution in [2.45, 2.75) is 45.1 Å². The third kappa shape index (κ3) is 4.55. The van der Waals surface area contributed by atoms with Gasteiger partial charge in [-0.15, -0.1) is 22.7 Å². The van der Waals surface area contributed by atoms with Gasteiger partial charge in [-0.3, -0.25) is 4.79 Å². The average molecular weight is 377 g/mol. The fourth-order valence-electron chi connectivity index (χ4n) is 2.89. The molecule has 2 aromatic rings. The molecule has 1 amide bonds. The first-order valence-electron chi connectivity index (χ1n) is 8.31. The number of carbonyl (C=O) groups excluding carboxylic acids is 1. The number of aromatic nitrogens is 1. The van der Waals surface area contributed by atoms with Crippen molar-refractivity contribution in [1.29, 1.82) is 0 Å². The standard InChI is InChI=1S/C18H20N2O3S2/c1-11(14-7-8-15(25-14)18(22)23)9-16-20-13(10-24-16)17(21)19-12-5-3-2-4-6-12/h7-10,12H,2-6H2,1H3,(H,19,21)(H,22,23)/b11-9-. The molecule has 1 aliphatic carbocycles. The Labute approximate surface area is 154 Å². The number of nitrogens with zero attached hydrogens (tertiary/aromatic N) is 1. The number of carboxylic acid groups (broad SMARTS) is 1. The zero-order valence-corrected chi connectivity index (χ0v) is 15.6. The third-order valence-corrected chi connectivity index (χ3v) is 6.24. The van der Waals surface area contributed by atoms with E-state index in [-0.39, 0.29) is 11.9 Å². The third-order valence-electron chi connectivity index (χ3n) is 4.24. The van der Waals surface area contributed by atoms with E-state index in [0.29, 0.717) is 10.6 Å². The number of thiazole rings is 1. The van der Waals surface area contributed by atoms with E-state index in [1.54, 1.807) is 17.5 Å². The molecule has 1 saturated carbocycles. The average Bonchev–Trinajstić information content (AvgIpc) is 3.25. The summed E-state index contributed by atoms with van der Waals surface area (Å²) in [7, 11) is 0. The van der Waals surface area contributed by atoms with Gasteiger partial charge < -0.3 is 10.4 Å². The molecule has 3 rings (SSSR count). The molecule has 0 radical (unpaired) electrons. The van der Waals surface area contributed by atoms with Gasteiger partial charge >= 0.3 is 5.97 Å². The van der Waals surface area contributed by atoms with Crippen molar-refractivity contribution in [3.8, 4) is 0 Å². The molecule has 25 heavy (non-hydrogen) atoms. The van der Waals surface area contributed by atoms with Gasteiger partial charge in [0.15, 0.2) is 0 Å². The highest BCUT2D eigenvalue weighted by Crippen LogP contribution is 2.26. The number of nitrogens with one attached hydrogen (secondary N) is 1. The van der Waals surface area contributed by atoms with Gasteiger partial charge in [0.05, 0.1) is 0 Å². The maximum atomic E-state index is 12.3. The normalized spacial score (nSPS) is 16.0. The molecule has 1 fully saturated rings. The Balaban J connectivity index is 1.67. The summed E-state index contributed by atoms with van der Waals surface area (Å²) in [6.45, 7) is 1.92. The number of hydrogen-bond acceptors (Lipinski definition) is 5. The predicted octanol–water partition coefficient (Wildman–Crippen LogP) is 4.53. The van der Waals surface area contributed by atoms with Crippen LogP contribution in [0.5, 0.6) is 0 Å². The van der Waals surface area contributed by atoms with Crippen LogP contribution in [-0.4, -0.2) is 28.0 Å². The minimum Gasteiger partial charge on any atom is -0.477 e. The quantitative estimate of drug-likeness (QED) is 0.804. The number of amides is 1. The number of aromatic carboxylic acids is 1. The minimum atomic E-state index is -0.917. The highest BCUT2D eigenvalue weighted by atomic mass is 32.1. The Morgan fingerprint density at radius 1 is 1.24 bits per heavy atom. The van der Waals surface area contributed by atoms with Gasteiger partial charge in [-0.2, -0.15) is 0 Å². The molecule has 132 valence electrons. The van der Waals surface area contributed by atoms with Crippen LogP contribution in [0.4, 0.5) is 0 Å². The van der Waals surface area contributed by atoms with Crippen molar-refractivity contribution in [2.75, 3.05) is 0 Å². The van der Waals surface area contributed by atoms with E-state index in [1.165, 1.54) is 41.9 Å². The summed E-state index contributed by atoms with van der Waals surface area (Å²) in [5.41, 5.74) is 1.39. The highest BCUT2D eigenvalue weighted by Gasteiger charge is 2.18. The lowest BCUT2D eigenvalue weighted by molar-refractivity contribution is 0.0702. The van der Waals surface area contributed by atoms with Crippen molar-refractivity contribution in [2.24, 2.45) is 0 Å². The number of thiophene rings is 1. The van der Waals surface area contributed by atoms with Gasteiger partial charge in [-0.25, -0.2) is 9.78 Å². The molecule has 0 saturated heterocycles. The van der Waals surface area contributed by atoms with Crippen LogP contribution in [0.15, 0.2) is 17.5 Å². The van der Waals surface area contributed by atoms with Crippen molar-refractivity contribution in [3.05, 3.63) is 38.0 Å². The van der Waals surface area contributed by atoms with E-state index < -0.39 is 5.97 Å². The molecule has 0 bridgehead atoms. The first-order chi connectivity index (χ1) is 12.0. The Morgan fingerprint density at radius 3 is 2.64 bits per heavy atom. The second-order valence-corrected chi connectivity index (χ2v) is 8.15. The van der Waals surface area contributed by atoms with Crippen LogP contribution in [0.1, 0.15) is 69.1 Å². The Morgan fingerprint density at radius 2 is 1.96 bits per heavy atom. The van der Waals surface area contributed by atoms with Crippen LogP contribution in [-0.2, 0) is 0 Å². The molecular weight excluding hydrogens is 356 g/mol. The maximum Gasteiger partial charge on any atom is 0.345 e. The molecule has 0 aromatic carbocycles. The topological polar surface area (TPSA) is 79.3 Å². The monoisotopic (exact) mass is 376 g/mol. The zero-order chi connectivity index (χ0) is 17.8. The number of carbonyl (C=O) groups is 2. The molecule has 1 aliphatic rings. The fraction of sp³-hybridized carbons (Fsp3) is 0.389. The largest absolute Gasteiger partial charge is 0.477 e. The number of allylic oxidation sites excluding steroid dienone is 1. The first-order valence-corrected chi connectivity index (χ1v) is 10.0. The first kappa shape index (κ1) is 17.8. The Kier molecular flexibility index (Phi) is 5.65. The van der Waals surface area contributed by atoms with E-state index in [4.69, 9.17) is 5.11 Å². The summed E-state index contributed by atoms with van der Waals surface area (Å²) < 4.78 is 0. The fourth-order valence-corrected chi connectivity index (χ4v) is 4.49. The van der Waals surface area contributed by atoms with E-state index >= 15 is 0 Å².